The Morgan fingerprint density at radius 3 is 2.35 bits per heavy atom. The number of carbonyl (C=O) groups excluding carboxylic acids is 1. The van der Waals surface area contributed by atoms with Gasteiger partial charge in [-0.3, -0.25) is 4.79 Å². The molecule has 0 aliphatic heterocycles. The van der Waals surface area contributed by atoms with Crippen LogP contribution in [0.15, 0.2) is 22.8 Å². The first-order valence-electron chi connectivity index (χ1n) is 13.5. The fraction of sp³-hybridized carbons (Fsp3) is 0.786. The van der Waals surface area contributed by atoms with Gasteiger partial charge in [-0.05, 0) is 80.6 Å². The second-order valence-electron chi connectivity index (χ2n) is 12.9. The number of aliphatic hydroxyl groups excluding tert-OH is 2. The van der Waals surface area contributed by atoms with Gasteiger partial charge >= 0.3 is 11.9 Å². The van der Waals surface area contributed by atoms with Gasteiger partial charge in [0.1, 0.15) is 6.10 Å². The molecule has 0 spiro atoms. The highest BCUT2D eigenvalue weighted by Crippen LogP contribution is 2.69. The molecule has 0 unspecified atom stereocenters. The molecule has 4 saturated carbocycles. The van der Waals surface area contributed by atoms with Crippen molar-refractivity contribution in [3.8, 4) is 0 Å². The number of ether oxygens (including phenoxy) is 1. The lowest BCUT2D eigenvalue weighted by molar-refractivity contribution is -0.196. The zero-order chi connectivity index (χ0) is 27.7. The zero-order valence-electron chi connectivity index (χ0n) is 22.7. The Hall–Kier alpha value is -1.78. The van der Waals surface area contributed by atoms with Gasteiger partial charge in [0.05, 0.1) is 12.2 Å². The number of carboxylic acid groups (broad SMARTS) is 1. The fourth-order valence-corrected chi connectivity index (χ4v) is 9.01. The van der Waals surface area contributed by atoms with Crippen LogP contribution in [-0.2, 0) is 14.3 Å². The van der Waals surface area contributed by atoms with Crippen molar-refractivity contribution >= 4 is 11.9 Å². The Morgan fingerprint density at radius 2 is 1.78 bits per heavy atom. The van der Waals surface area contributed by atoms with E-state index in [2.05, 4.69) is 13.8 Å². The van der Waals surface area contributed by atoms with Crippen LogP contribution < -0.4 is 17.2 Å². The maximum Gasteiger partial charge on any atom is 0.331 e. The van der Waals surface area contributed by atoms with Crippen LogP contribution >= 0.6 is 0 Å². The van der Waals surface area contributed by atoms with E-state index in [4.69, 9.17) is 21.9 Å². The summed E-state index contributed by atoms with van der Waals surface area (Å²) in [6.45, 7) is 9.31. The van der Waals surface area contributed by atoms with Crippen molar-refractivity contribution in [2.75, 3.05) is 0 Å². The minimum atomic E-state index is -1.05. The topological polar surface area (TPSA) is 182 Å². The van der Waals surface area contributed by atoms with Crippen molar-refractivity contribution in [3.05, 3.63) is 22.8 Å². The highest BCUT2D eigenvalue weighted by atomic mass is 16.5. The third kappa shape index (κ3) is 4.18. The fourth-order valence-electron chi connectivity index (χ4n) is 9.01. The molecule has 9 nitrogen and oxygen atoms in total. The summed E-state index contributed by atoms with van der Waals surface area (Å²) in [4.78, 5) is 24.7. The smallest absolute Gasteiger partial charge is 0.331 e. The number of esters is 1. The van der Waals surface area contributed by atoms with Crippen LogP contribution in [0, 0.1) is 28.6 Å². The Morgan fingerprint density at radius 1 is 1.14 bits per heavy atom. The number of hydrogen-bond donors (Lipinski definition) is 6. The molecule has 0 aromatic carbocycles. The van der Waals surface area contributed by atoms with E-state index in [1.165, 1.54) is 6.92 Å². The van der Waals surface area contributed by atoms with Crippen LogP contribution in [0.4, 0.5) is 0 Å². The van der Waals surface area contributed by atoms with Gasteiger partial charge in [0.15, 0.2) is 0 Å². The SMILES string of the molecule is CC(=O)O[C@H]1C[C@@]2(C)[C@@H](C[C@@H](O)[C@H]3[C@@]4(C)C[C@H](N)[C@@H](O)[C@@H](N)[C@@H]4CC[C@@]32N)/C1=C(\CC=C(C)C)C(=O)O. The highest BCUT2D eigenvalue weighted by molar-refractivity contribution is 5.88. The second-order valence-corrected chi connectivity index (χ2v) is 12.9. The Kier molecular flexibility index (Phi) is 7.21. The van der Waals surface area contributed by atoms with E-state index in [9.17, 15) is 24.9 Å². The molecule has 0 aromatic heterocycles. The summed E-state index contributed by atoms with van der Waals surface area (Å²) in [6, 6.07) is -1.03. The van der Waals surface area contributed by atoms with E-state index >= 15 is 0 Å². The van der Waals surface area contributed by atoms with Gasteiger partial charge in [0.2, 0.25) is 0 Å². The van der Waals surface area contributed by atoms with Crippen molar-refractivity contribution in [3.63, 3.8) is 0 Å². The monoisotopic (exact) mass is 519 g/mol. The summed E-state index contributed by atoms with van der Waals surface area (Å²) < 4.78 is 5.77. The van der Waals surface area contributed by atoms with Gasteiger partial charge in [-0.1, -0.05) is 25.5 Å². The van der Waals surface area contributed by atoms with Crippen LogP contribution in [-0.4, -0.2) is 63.2 Å². The molecule has 37 heavy (non-hydrogen) atoms. The number of nitrogens with two attached hydrogens (primary N) is 3. The van der Waals surface area contributed by atoms with Crippen molar-refractivity contribution in [2.24, 2.45) is 45.8 Å². The summed E-state index contributed by atoms with van der Waals surface area (Å²) in [5.74, 6) is -2.29. The van der Waals surface area contributed by atoms with Gasteiger partial charge in [-0.25, -0.2) is 4.79 Å². The molecule has 9 N–H and O–H groups in total. The molecule has 0 bridgehead atoms. The minimum absolute atomic E-state index is 0.0493. The zero-order valence-corrected chi connectivity index (χ0v) is 22.7. The third-order valence-electron chi connectivity index (χ3n) is 10.6. The number of aliphatic carboxylic acids is 1. The number of carboxylic acids is 1. The van der Waals surface area contributed by atoms with Crippen molar-refractivity contribution in [1.29, 1.82) is 0 Å². The summed E-state index contributed by atoms with van der Waals surface area (Å²) in [5.41, 5.74) is 20.0. The summed E-state index contributed by atoms with van der Waals surface area (Å²) in [6.07, 6.45) is 2.13. The van der Waals surface area contributed by atoms with E-state index in [-0.39, 0.29) is 29.7 Å². The van der Waals surface area contributed by atoms with Crippen LogP contribution in [0.1, 0.15) is 73.1 Å². The quantitative estimate of drug-likeness (QED) is 0.182. The number of allylic oxidation sites excluding steroid dienone is 2. The minimum Gasteiger partial charge on any atom is -0.478 e. The van der Waals surface area contributed by atoms with E-state index in [1.54, 1.807) is 0 Å². The van der Waals surface area contributed by atoms with Crippen LogP contribution in [0.2, 0.25) is 0 Å². The second kappa shape index (κ2) is 9.45. The third-order valence-corrected chi connectivity index (χ3v) is 10.6. The van der Waals surface area contributed by atoms with Gasteiger partial charge in [0.25, 0.3) is 0 Å². The summed E-state index contributed by atoms with van der Waals surface area (Å²) in [7, 11) is 0. The average Bonchev–Trinajstić information content (AvgIpc) is 3.03. The molecule has 4 aliphatic carbocycles. The van der Waals surface area contributed by atoms with Crippen molar-refractivity contribution in [2.45, 2.75) is 109 Å². The van der Waals surface area contributed by atoms with Crippen LogP contribution in [0.3, 0.4) is 0 Å². The Bertz CT molecular complexity index is 1020. The first-order valence-corrected chi connectivity index (χ1v) is 13.5. The molecular weight excluding hydrogens is 474 g/mol. The normalized spacial score (nSPS) is 48.3. The predicted molar refractivity (Wildman–Crippen MR) is 139 cm³/mol. The van der Waals surface area contributed by atoms with Gasteiger partial charge in [0, 0.05) is 36.0 Å². The molecule has 4 fully saturated rings. The molecule has 0 heterocycles. The first-order chi connectivity index (χ1) is 17.1. The van der Waals surface area contributed by atoms with Crippen LogP contribution in [0.5, 0.6) is 0 Å². The number of carbonyl (C=O) groups is 2. The molecule has 208 valence electrons. The van der Waals surface area contributed by atoms with Gasteiger partial charge < -0.3 is 37.3 Å². The lowest BCUT2D eigenvalue weighted by Gasteiger charge is -2.68. The molecule has 0 amide bonds. The van der Waals surface area contributed by atoms with E-state index < -0.39 is 58.7 Å². The molecule has 4 rings (SSSR count). The molecule has 0 aromatic rings. The highest BCUT2D eigenvalue weighted by Gasteiger charge is 2.72. The lowest BCUT2D eigenvalue weighted by Crippen LogP contribution is -2.76. The van der Waals surface area contributed by atoms with Gasteiger partial charge in [-0.2, -0.15) is 0 Å². The van der Waals surface area contributed by atoms with Crippen molar-refractivity contribution < 1.29 is 29.6 Å². The van der Waals surface area contributed by atoms with E-state index in [1.807, 2.05) is 19.9 Å². The lowest BCUT2D eigenvalue weighted by atomic mass is 9.39. The summed E-state index contributed by atoms with van der Waals surface area (Å²) >= 11 is 0. The van der Waals surface area contributed by atoms with Crippen molar-refractivity contribution in [1.82, 2.24) is 0 Å². The molecule has 9 heteroatoms. The molecular formula is C28H45N3O6. The Labute approximate surface area is 219 Å². The van der Waals surface area contributed by atoms with E-state index in [0.717, 1.165) is 5.57 Å². The number of fused-ring (bicyclic) bond motifs is 5. The molecule has 4 aliphatic rings. The standard InChI is InChI=1S/C28H45N3O6/c1-13(2)6-7-15(25(35)36)21-17-10-19(33)24-26(4)11-18(29)23(34)22(30)16(26)8-9-28(24,31)27(17,5)12-20(21)37-14(3)32/h6,16-20,22-24,33-34H,7-12,29-31H2,1-5H3,(H,35,36)/b21-15-/t16-,17-,18-,19+,20-,22-,23+,24-,26-,27-,28+/m0/s1. The largest absolute Gasteiger partial charge is 0.478 e. The average molecular weight is 520 g/mol. The van der Waals surface area contributed by atoms with Crippen LogP contribution in [0.25, 0.3) is 0 Å². The first kappa shape index (κ1) is 28.2. The van der Waals surface area contributed by atoms with E-state index in [0.29, 0.717) is 37.7 Å². The molecule has 0 radical (unpaired) electrons. The molecule has 0 saturated heterocycles. The molecule has 11 atom stereocenters. The maximum absolute atomic E-state index is 12.5. The number of aliphatic hydroxyl groups is 2. The number of rotatable bonds is 4. The maximum atomic E-state index is 12.5. The van der Waals surface area contributed by atoms with Gasteiger partial charge in [-0.15, -0.1) is 0 Å². The summed E-state index contributed by atoms with van der Waals surface area (Å²) in [5, 5.41) is 32.6. The Balaban J connectivity index is 1.86. The predicted octanol–water partition coefficient (Wildman–Crippen LogP) is 1.60. The number of hydrogen-bond acceptors (Lipinski definition) is 8.